The van der Waals surface area contributed by atoms with E-state index in [2.05, 4.69) is 12.2 Å². The Kier molecular flexibility index (Phi) is 25.3. The Labute approximate surface area is 211 Å². The van der Waals surface area contributed by atoms with E-state index in [1.54, 1.807) is 0 Å². The van der Waals surface area contributed by atoms with Gasteiger partial charge in [0.05, 0.1) is 27.2 Å². The predicted octanol–water partition coefficient (Wildman–Crippen LogP) is 3.40. The van der Waals surface area contributed by atoms with Gasteiger partial charge in [0.25, 0.3) is 0 Å². The van der Waals surface area contributed by atoms with Gasteiger partial charge in [-0.1, -0.05) is 96.8 Å². The first-order chi connectivity index (χ1) is 15.4. The van der Waals surface area contributed by atoms with Crippen LogP contribution in [0.1, 0.15) is 123 Å². The summed E-state index contributed by atoms with van der Waals surface area (Å²) in [5.41, 5.74) is 0. The van der Waals surface area contributed by atoms with Crippen molar-refractivity contribution < 1.29 is 31.2 Å². The van der Waals surface area contributed by atoms with Crippen LogP contribution in [-0.2, 0) is 14.3 Å². The molecule has 0 heterocycles. The van der Waals surface area contributed by atoms with Crippen molar-refractivity contribution in [1.29, 1.82) is 0 Å². The number of quaternary nitrogens is 1. The maximum Gasteiger partial charge on any atom is 0.361 e. The number of halogens is 1. The van der Waals surface area contributed by atoms with E-state index in [9.17, 15) is 9.59 Å². The normalized spacial score (nSPS) is 11.2. The van der Waals surface area contributed by atoms with Crippen LogP contribution < -0.4 is 17.7 Å². The molecule has 0 radical (unpaired) electrons. The SMILES string of the molecule is CCCCCCCCCCCCCCCCCC(=O)NCCC[N+](C)(C)CC(=O)OCC.[Cl-]. The molecule has 0 atom stereocenters. The molecule has 0 aromatic carbocycles. The van der Waals surface area contributed by atoms with E-state index in [1.165, 1.54) is 83.5 Å². The first-order valence-corrected chi connectivity index (χ1v) is 13.7. The van der Waals surface area contributed by atoms with E-state index in [0.717, 1.165) is 25.8 Å². The molecule has 5 nitrogen and oxygen atoms in total. The van der Waals surface area contributed by atoms with Crippen LogP contribution in [0.3, 0.4) is 0 Å². The number of likely N-dealkylation sites (N-methyl/N-ethyl adjacent to an activating group) is 1. The maximum atomic E-state index is 12.0. The fraction of sp³-hybridized carbons (Fsp3) is 0.926. The van der Waals surface area contributed by atoms with Gasteiger partial charge in [-0.05, 0) is 13.3 Å². The zero-order valence-electron chi connectivity index (χ0n) is 22.4. The second-order valence-electron chi connectivity index (χ2n) is 10.0. The van der Waals surface area contributed by atoms with Crippen LogP contribution in [0.5, 0.6) is 0 Å². The maximum absolute atomic E-state index is 12.0. The summed E-state index contributed by atoms with van der Waals surface area (Å²) in [6.45, 7) is 6.43. The summed E-state index contributed by atoms with van der Waals surface area (Å²) in [4.78, 5) is 23.6. The summed E-state index contributed by atoms with van der Waals surface area (Å²) < 4.78 is 5.61. The van der Waals surface area contributed by atoms with Gasteiger partial charge in [0, 0.05) is 19.4 Å². The average molecular weight is 491 g/mol. The van der Waals surface area contributed by atoms with Crippen molar-refractivity contribution >= 4 is 11.9 Å². The molecule has 0 spiro atoms. The zero-order valence-corrected chi connectivity index (χ0v) is 23.2. The Hall–Kier alpha value is -0.810. The van der Waals surface area contributed by atoms with Crippen LogP contribution >= 0.6 is 0 Å². The molecular weight excluding hydrogens is 436 g/mol. The molecule has 0 aliphatic rings. The van der Waals surface area contributed by atoms with Gasteiger partial charge in [-0.3, -0.25) is 4.79 Å². The number of unbranched alkanes of at least 4 members (excludes halogenated alkanes) is 14. The molecule has 0 saturated heterocycles. The summed E-state index contributed by atoms with van der Waals surface area (Å²) in [5.74, 6) is 0.00472. The van der Waals surface area contributed by atoms with E-state index in [-0.39, 0.29) is 24.3 Å². The second kappa shape index (κ2) is 24.3. The van der Waals surface area contributed by atoms with Crippen molar-refractivity contribution in [3.05, 3.63) is 0 Å². The first-order valence-electron chi connectivity index (χ1n) is 13.7. The number of hydrogen-bond acceptors (Lipinski definition) is 3. The number of nitrogens with zero attached hydrogens (tertiary/aromatic N) is 1. The fourth-order valence-electron chi connectivity index (χ4n) is 4.12. The number of hydrogen-bond donors (Lipinski definition) is 1. The molecule has 6 heteroatoms. The Morgan fingerprint density at radius 3 is 1.61 bits per heavy atom. The quantitative estimate of drug-likeness (QED) is 0.136. The van der Waals surface area contributed by atoms with Crippen molar-refractivity contribution in [1.82, 2.24) is 5.32 Å². The molecule has 1 amide bonds. The van der Waals surface area contributed by atoms with Gasteiger partial charge in [-0.25, -0.2) is 4.79 Å². The standard InChI is InChI=1S/C27H54N2O3.ClH/c1-5-7-8-9-10-11-12-13-14-15-16-17-18-19-20-22-26(30)28-23-21-24-29(3,4)25-27(31)32-6-2;/h5-25H2,1-4H3;1H. The van der Waals surface area contributed by atoms with E-state index >= 15 is 0 Å². The molecule has 0 unspecified atom stereocenters. The zero-order chi connectivity index (χ0) is 23.9. The van der Waals surface area contributed by atoms with E-state index in [1.807, 2.05) is 21.0 Å². The number of ether oxygens (including phenoxy) is 1. The van der Waals surface area contributed by atoms with Crippen molar-refractivity contribution in [2.75, 3.05) is 40.3 Å². The van der Waals surface area contributed by atoms with Crippen LogP contribution in [0, 0.1) is 0 Å². The van der Waals surface area contributed by atoms with E-state index < -0.39 is 0 Å². The van der Waals surface area contributed by atoms with Gasteiger partial charge in [-0.15, -0.1) is 0 Å². The summed E-state index contributed by atoms with van der Waals surface area (Å²) >= 11 is 0. The molecule has 0 aliphatic carbocycles. The number of rotatable bonds is 23. The molecule has 0 bridgehead atoms. The lowest BCUT2D eigenvalue weighted by Crippen LogP contribution is -3.00. The Bertz CT molecular complexity index is 459. The summed E-state index contributed by atoms with van der Waals surface area (Å²) in [5, 5.41) is 3.02. The monoisotopic (exact) mass is 490 g/mol. The molecule has 0 rings (SSSR count). The van der Waals surface area contributed by atoms with Gasteiger partial charge >= 0.3 is 5.97 Å². The number of carbonyl (C=O) groups is 2. The van der Waals surface area contributed by atoms with Gasteiger partial charge in [0.1, 0.15) is 0 Å². The van der Waals surface area contributed by atoms with Gasteiger partial charge in [-0.2, -0.15) is 0 Å². The smallest absolute Gasteiger partial charge is 0.361 e. The van der Waals surface area contributed by atoms with Crippen LogP contribution in [0.2, 0.25) is 0 Å². The third-order valence-corrected chi connectivity index (χ3v) is 6.13. The molecule has 33 heavy (non-hydrogen) atoms. The topological polar surface area (TPSA) is 55.4 Å². The molecular formula is C27H55ClN2O3. The number of amides is 1. The molecule has 198 valence electrons. The second-order valence-corrected chi connectivity index (χ2v) is 10.0. The van der Waals surface area contributed by atoms with Crippen LogP contribution in [-0.4, -0.2) is 56.7 Å². The first kappa shape index (κ1) is 34.4. The summed E-state index contributed by atoms with van der Waals surface area (Å²) in [6.07, 6.45) is 21.6. The number of carbonyl (C=O) groups excluding carboxylic acids is 2. The molecule has 0 aromatic rings. The highest BCUT2D eigenvalue weighted by Crippen LogP contribution is 2.13. The van der Waals surface area contributed by atoms with Crippen molar-refractivity contribution in [3.8, 4) is 0 Å². The minimum atomic E-state index is -0.158. The largest absolute Gasteiger partial charge is 1.00 e. The highest BCUT2D eigenvalue weighted by atomic mass is 35.5. The third kappa shape index (κ3) is 25.6. The van der Waals surface area contributed by atoms with Crippen molar-refractivity contribution in [2.45, 2.75) is 123 Å². The molecule has 1 N–H and O–H groups in total. The molecule has 0 aliphatic heterocycles. The van der Waals surface area contributed by atoms with Crippen LogP contribution in [0.4, 0.5) is 0 Å². The Morgan fingerprint density at radius 1 is 0.697 bits per heavy atom. The Balaban J connectivity index is 0. The predicted molar refractivity (Wildman–Crippen MR) is 136 cm³/mol. The average Bonchev–Trinajstić information content (AvgIpc) is 2.73. The molecule has 0 fully saturated rings. The van der Waals surface area contributed by atoms with Gasteiger partial charge in [0.2, 0.25) is 5.91 Å². The lowest BCUT2D eigenvalue weighted by Gasteiger charge is -2.28. The summed E-state index contributed by atoms with van der Waals surface area (Å²) in [7, 11) is 4.04. The lowest BCUT2D eigenvalue weighted by atomic mass is 10.0. The lowest BCUT2D eigenvalue weighted by molar-refractivity contribution is -0.883. The van der Waals surface area contributed by atoms with Crippen molar-refractivity contribution in [2.24, 2.45) is 0 Å². The van der Waals surface area contributed by atoms with Crippen molar-refractivity contribution in [3.63, 3.8) is 0 Å². The Morgan fingerprint density at radius 2 is 1.15 bits per heavy atom. The van der Waals surface area contributed by atoms with Crippen LogP contribution in [0.25, 0.3) is 0 Å². The third-order valence-electron chi connectivity index (χ3n) is 6.13. The highest BCUT2D eigenvalue weighted by Gasteiger charge is 2.20. The highest BCUT2D eigenvalue weighted by molar-refractivity contribution is 5.75. The minimum absolute atomic E-state index is 0. The number of esters is 1. The minimum Gasteiger partial charge on any atom is -1.00 e. The van der Waals surface area contributed by atoms with Gasteiger partial charge in [0.15, 0.2) is 6.54 Å². The fourth-order valence-corrected chi connectivity index (χ4v) is 4.12. The van der Waals surface area contributed by atoms with E-state index in [4.69, 9.17) is 4.74 Å². The van der Waals surface area contributed by atoms with E-state index in [0.29, 0.717) is 30.6 Å². The number of nitrogens with one attached hydrogen (secondary N) is 1. The molecule has 0 saturated carbocycles. The van der Waals surface area contributed by atoms with Gasteiger partial charge < -0.3 is 26.9 Å². The summed E-state index contributed by atoms with van der Waals surface area (Å²) in [6, 6.07) is 0. The van der Waals surface area contributed by atoms with Crippen LogP contribution in [0.15, 0.2) is 0 Å². The molecule has 0 aromatic heterocycles.